The first-order valence-corrected chi connectivity index (χ1v) is 10.9. The Balaban J connectivity index is 1.62. The zero-order valence-electron chi connectivity index (χ0n) is 15.0. The Kier molecular flexibility index (Phi) is 5.12. The number of carbonyl (C=O) groups is 1. The van der Waals surface area contributed by atoms with E-state index < -0.39 is 10.0 Å². The van der Waals surface area contributed by atoms with Crippen molar-refractivity contribution >= 4 is 43.2 Å². The van der Waals surface area contributed by atoms with Crippen molar-refractivity contribution in [1.82, 2.24) is 9.82 Å². The normalized spacial score (nSPS) is 11.5. The zero-order valence-corrected chi connectivity index (χ0v) is 16.6. The first-order valence-electron chi connectivity index (χ1n) is 8.57. The van der Waals surface area contributed by atoms with Gasteiger partial charge in [-0.2, -0.15) is 4.83 Å². The molecule has 3 aromatic carbocycles. The molecule has 0 spiro atoms. The highest BCUT2D eigenvalue weighted by Gasteiger charge is 2.15. The lowest BCUT2D eigenvalue weighted by Gasteiger charge is -2.10. The van der Waals surface area contributed by atoms with E-state index in [1.165, 1.54) is 24.3 Å². The molecule has 0 fully saturated rings. The number of hydrogen-bond donors (Lipinski definition) is 3. The van der Waals surface area contributed by atoms with Gasteiger partial charge in [-0.25, -0.2) is 13.4 Å². The Labute approximate surface area is 171 Å². The lowest BCUT2D eigenvalue weighted by Crippen LogP contribution is -2.30. The minimum atomic E-state index is -3.77. The Bertz CT molecular complexity index is 1270. The predicted molar refractivity (Wildman–Crippen MR) is 114 cm³/mol. The maximum atomic E-state index is 12.7. The minimum absolute atomic E-state index is 0.0218. The first kappa shape index (κ1) is 19.2. The summed E-state index contributed by atoms with van der Waals surface area (Å²) in [5.74, 6) is 4.66. The van der Waals surface area contributed by atoms with Crippen LogP contribution >= 0.6 is 11.3 Å². The second-order valence-electron chi connectivity index (χ2n) is 6.13. The van der Waals surface area contributed by atoms with Crippen molar-refractivity contribution in [2.24, 2.45) is 5.84 Å². The molecule has 9 heteroatoms. The summed E-state index contributed by atoms with van der Waals surface area (Å²) in [5.41, 5.74) is 2.66. The minimum Gasteiger partial charge on any atom is -0.321 e. The maximum absolute atomic E-state index is 12.7. The van der Waals surface area contributed by atoms with Gasteiger partial charge in [0.05, 0.1) is 20.8 Å². The average molecular weight is 425 g/mol. The third-order valence-corrected chi connectivity index (χ3v) is 6.55. The van der Waals surface area contributed by atoms with Crippen molar-refractivity contribution in [3.8, 4) is 10.6 Å². The first-order chi connectivity index (χ1) is 14.0. The maximum Gasteiger partial charge on any atom is 0.255 e. The van der Waals surface area contributed by atoms with Crippen molar-refractivity contribution in [2.45, 2.75) is 4.90 Å². The highest BCUT2D eigenvalue weighted by Crippen LogP contribution is 2.34. The highest BCUT2D eigenvalue weighted by molar-refractivity contribution is 7.89. The topological polar surface area (TPSA) is 114 Å². The molecule has 1 amide bonds. The lowest BCUT2D eigenvalue weighted by molar-refractivity contribution is 0.102. The number of hydrazine groups is 1. The summed E-state index contributed by atoms with van der Waals surface area (Å²) in [7, 11) is -3.77. The van der Waals surface area contributed by atoms with E-state index in [4.69, 9.17) is 5.84 Å². The van der Waals surface area contributed by atoms with E-state index in [1.54, 1.807) is 22.2 Å². The SMILES string of the molecule is NNS(=O)(=O)c1ccc(C(=O)Nc2ccccc2-c2nc3ccccc3s2)cc1. The summed E-state index contributed by atoms with van der Waals surface area (Å²) in [5, 5.41) is 3.68. The number of nitrogens with zero attached hydrogens (tertiary/aromatic N) is 1. The van der Waals surface area contributed by atoms with Crippen LogP contribution in [0.2, 0.25) is 0 Å². The molecule has 0 unspecified atom stereocenters. The van der Waals surface area contributed by atoms with Gasteiger partial charge in [-0.1, -0.05) is 24.3 Å². The van der Waals surface area contributed by atoms with E-state index in [9.17, 15) is 13.2 Å². The molecule has 1 heterocycles. The molecule has 0 aliphatic carbocycles. The van der Waals surface area contributed by atoms with E-state index in [0.29, 0.717) is 11.3 Å². The van der Waals surface area contributed by atoms with Gasteiger partial charge in [0, 0.05) is 11.1 Å². The zero-order chi connectivity index (χ0) is 20.4. The molecule has 4 N–H and O–H groups in total. The van der Waals surface area contributed by atoms with Crippen LogP contribution < -0.4 is 16.0 Å². The number of para-hydroxylation sites is 2. The summed E-state index contributed by atoms with van der Waals surface area (Å²) in [6.45, 7) is 0. The standard InChI is InChI=1S/C20H16N4O3S2/c21-24-29(26,27)14-11-9-13(10-12-14)19(25)22-16-6-2-1-5-15(16)20-23-17-7-3-4-8-18(17)28-20/h1-12,24H,21H2,(H,22,25). The number of amides is 1. The van der Waals surface area contributed by atoms with Crippen molar-refractivity contribution in [3.63, 3.8) is 0 Å². The number of fused-ring (bicyclic) bond motifs is 1. The Hall–Kier alpha value is -3.11. The molecule has 1 aromatic heterocycles. The highest BCUT2D eigenvalue weighted by atomic mass is 32.2. The summed E-state index contributed by atoms with van der Waals surface area (Å²) >= 11 is 1.55. The van der Waals surface area contributed by atoms with Crippen molar-refractivity contribution < 1.29 is 13.2 Å². The van der Waals surface area contributed by atoms with E-state index in [1.807, 2.05) is 42.5 Å². The molecule has 0 saturated heterocycles. The van der Waals surface area contributed by atoms with Gasteiger partial charge in [-0.05, 0) is 48.5 Å². The monoisotopic (exact) mass is 424 g/mol. The number of nitrogens with one attached hydrogen (secondary N) is 2. The fourth-order valence-electron chi connectivity index (χ4n) is 2.81. The van der Waals surface area contributed by atoms with E-state index in [-0.39, 0.29) is 10.8 Å². The van der Waals surface area contributed by atoms with Gasteiger partial charge in [-0.3, -0.25) is 10.6 Å². The summed E-state index contributed by atoms with van der Waals surface area (Å²) < 4.78 is 24.5. The fraction of sp³-hybridized carbons (Fsp3) is 0. The van der Waals surface area contributed by atoms with Gasteiger partial charge in [0.2, 0.25) is 0 Å². The Morgan fingerprint density at radius 1 is 0.931 bits per heavy atom. The molecule has 7 nitrogen and oxygen atoms in total. The van der Waals surface area contributed by atoms with Crippen LogP contribution in [0.1, 0.15) is 10.4 Å². The summed E-state index contributed by atoms with van der Waals surface area (Å²) in [4.78, 5) is 19.1. The number of hydrogen-bond acceptors (Lipinski definition) is 6. The van der Waals surface area contributed by atoms with Crippen molar-refractivity contribution in [2.75, 3.05) is 5.32 Å². The summed E-state index contributed by atoms with van der Waals surface area (Å²) in [6, 6.07) is 20.8. The molecule has 0 atom stereocenters. The number of aromatic nitrogens is 1. The Morgan fingerprint density at radius 3 is 2.34 bits per heavy atom. The van der Waals surface area contributed by atoms with Gasteiger partial charge in [0.25, 0.3) is 15.9 Å². The van der Waals surface area contributed by atoms with Crippen LogP contribution in [0.3, 0.4) is 0 Å². The Morgan fingerprint density at radius 2 is 1.62 bits per heavy atom. The molecule has 0 aliphatic heterocycles. The van der Waals surface area contributed by atoms with Crippen LogP contribution in [0.4, 0.5) is 5.69 Å². The second kappa shape index (κ2) is 7.72. The lowest BCUT2D eigenvalue weighted by atomic mass is 10.1. The third-order valence-electron chi connectivity index (χ3n) is 4.28. The number of sulfonamides is 1. The number of thiazole rings is 1. The van der Waals surface area contributed by atoms with Crippen LogP contribution in [0.25, 0.3) is 20.8 Å². The van der Waals surface area contributed by atoms with Crippen molar-refractivity contribution in [1.29, 1.82) is 0 Å². The predicted octanol–water partition coefficient (Wildman–Crippen LogP) is 3.37. The quantitative estimate of drug-likeness (QED) is 0.336. The number of rotatable bonds is 5. The van der Waals surface area contributed by atoms with Gasteiger partial charge >= 0.3 is 0 Å². The van der Waals surface area contributed by atoms with Crippen LogP contribution in [0.15, 0.2) is 77.7 Å². The number of carbonyl (C=O) groups excluding carboxylic acids is 1. The molecule has 0 bridgehead atoms. The van der Waals surface area contributed by atoms with E-state index in [0.717, 1.165) is 20.8 Å². The number of anilines is 1. The van der Waals surface area contributed by atoms with Gasteiger partial charge < -0.3 is 5.32 Å². The van der Waals surface area contributed by atoms with Gasteiger partial charge in [0.15, 0.2) is 0 Å². The number of nitrogens with two attached hydrogens (primary N) is 1. The largest absolute Gasteiger partial charge is 0.321 e. The van der Waals surface area contributed by atoms with E-state index in [2.05, 4.69) is 10.3 Å². The van der Waals surface area contributed by atoms with Crippen LogP contribution in [-0.4, -0.2) is 19.3 Å². The molecule has 0 saturated carbocycles. The smallest absolute Gasteiger partial charge is 0.255 e. The molecular formula is C20H16N4O3S2. The van der Waals surface area contributed by atoms with Crippen LogP contribution in [-0.2, 0) is 10.0 Å². The van der Waals surface area contributed by atoms with Crippen LogP contribution in [0.5, 0.6) is 0 Å². The molecule has 4 rings (SSSR count). The molecule has 4 aromatic rings. The van der Waals surface area contributed by atoms with Crippen molar-refractivity contribution in [3.05, 3.63) is 78.4 Å². The second-order valence-corrected chi connectivity index (χ2v) is 8.88. The third kappa shape index (κ3) is 3.89. The number of benzene rings is 3. The van der Waals surface area contributed by atoms with Crippen LogP contribution in [0, 0.1) is 0 Å². The molecule has 0 aliphatic rings. The fourth-order valence-corrected chi connectivity index (χ4v) is 4.45. The van der Waals surface area contributed by atoms with Gasteiger partial charge in [0.1, 0.15) is 5.01 Å². The van der Waals surface area contributed by atoms with E-state index >= 15 is 0 Å². The molecule has 29 heavy (non-hydrogen) atoms. The van der Waals surface area contributed by atoms with Gasteiger partial charge in [-0.15, -0.1) is 11.3 Å². The molecule has 146 valence electrons. The average Bonchev–Trinajstić information content (AvgIpc) is 3.18. The summed E-state index contributed by atoms with van der Waals surface area (Å²) in [6.07, 6.45) is 0. The molecule has 0 radical (unpaired) electrons. The molecular weight excluding hydrogens is 408 g/mol.